The number of amides is 1. The van der Waals surface area contributed by atoms with Gasteiger partial charge in [0.15, 0.2) is 5.13 Å². The summed E-state index contributed by atoms with van der Waals surface area (Å²) in [5.41, 5.74) is 1.38. The summed E-state index contributed by atoms with van der Waals surface area (Å²) in [5, 5.41) is 5.31. The number of nitrogens with zero attached hydrogens (tertiary/aromatic N) is 2. The van der Waals surface area contributed by atoms with Gasteiger partial charge < -0.3 is 0 Å². The van der Waals surface area contributed by atoms with Crippen molar-refractivity contribution in [3.63, 3.8) is 0 Å². The maximum atomic E-state index is 12.3. The molecule has 26 heavy (non-hydrogen) atoms. The fourth-order valence-electron chi connectivity index (χ4n) is 3.05. The molecule has 1 fully saturated rings. The number of thiazole rings is 1. The number of benzene rings is 1. The average molecular weight is 398 g/mol. The van der Waals surface area contributed by atoms with E-state index < -0.39 is 5.76 Å². The molecule has 1 N–H and O–H groups in total. The summed E-state index contributed by atoms with van der Waals surface area (Å²) in [7, 11) is 0. The van der Waals surface area contributed by atoms with E-state index in [0.717, 1.165) is 25.3 Å². The van der Waals surface area contributed by atoms with Crippen molar-refractivity contribution >= 4 is 34.1 Å². The van der Waals surface area contributed by atoms with E-state index in [1.165, 1.54) is 36.3 Å². The Kier molecular flexibility index (Phi) is 6.61. The van der Waals surface area contributed by atoms with Gasteiger partial charge in [-0.05, 0) is 49.6 Å². The smallest absolute Gasteiger partial charge is 0.288 e. The number of halogens is 2. The fraction of sp³-hybridized carbons (Fsp3) is 0.444. The second-order valence-corrected chi connectivity index (χ2v) is 8.41. The Bertz CT molecular complexity index is 736. The number of carbonyl (C=O) groups excluding carboxylic acids is 1. The van der Waals surface area contributed by atoms with E-state index >= 15 is 0 Å². The SMILES string of the molecule is CC1CCCN(Cc2csc(NC(=O)c3ccc(SC(F)F)cc3)n2)C1. The van der Waals surface area contributed by atoms with Gasteiger partial charge in [-0.1, -0.05) is 18.7 Å². The molecule has 0 spiro atoms. The molecule has 1 amide bonds. The summed E-state index contributed by atoms with van der Waals surface area (Å²) in [6.45, 7) is 5.24. The zero-order valence-electron chi connectivity index (χ0n) is 14.5. The molecule has 4 nitrogen and oxygen atoms in total. The van der Waals surface area contributed by atoms with Crippen LogP contribution in [0.15, 0.2) is 34.5 Å². The first-order valence-electron chi connectivity index (χ1n) is 8.52. The monoisotopic (exact) mass is 397 g/mol. The van der Waals surface area contributed by atoms with Gasteiger partial charge in [0.05, 0.1) is 5.69 Å². The molecule has 1 unspecified atom stereocenters. The van der Waals surface area contributed by atoms with Crippen LogP contribution in [-0.4, -0.2) is 34.6 Å². The summed E-state index contributed by atoms with van der Waals surface area (Å²) in [6.07, 6.45) is 2.50. The molecule has 1 saturated heterocycles. The second-order valence-electron chi connectivity index (χ2n) is 6.48. The highest BCUT2D eigenvalue weighted by Gasteiger charge is 2.18. The Morgan fingerprint density at radius 1 is 1.42 bits per heavy atom. The lowest BCUT2D eigenvalue weighted by atomic mass is 10.0. The zero-order valence-corrected chi connectivity index (χ0v) is 16.1. The highest BCUT2D eigenvalue weighted by Crippen LogP contribution is 2.26. The van der Waals surface area contributed by atoms with E-state index in [4.69, 9.17) is 0 Å². The number of hydrogen-bond acceptors (Lipinski definition) is 5. The van der Waals surface area contributed by atoms with Crippen molar-refractivity contribution in [2.45, 2.75) is 37.0 Å². The molecule has 8 heteroatoms. The molecule has 140 valence electrons. The van der Waals surface area contributed by atoms with Crippen molar-refractivity contribution in [2.75, 3.05) is 18.4 Å². The van der Waals surface area contributed by atoms with E-state index in [0.29, 0.717) is 33.3 Å². The molecule has 0 aliphatic carbocycles. The number of nitrogens with one attached hydrogen (secondary N) is 1. The second kappa shape index (κ2) is 8.92. The molecule has 2 heterocycles. The van der Waals surface area contributed by atoms with Crippen LogP contribution in [0.25, 0.3) is 0 Å². The molecular weight excluding hydrogens is 376 g/mol. The number of piperidine rings is 1. The maximum absolute atomic E-state index is 12.3. The van der Waals surface area contributed by atoms with Crippen LogP contribution in [0.1, 0.15) is 35.8 Å². The lowest BCUT2D eigenvalue weighted by molar-refractivity contribution is 0.102. The molecule has 1 atom stereocenters. The number of carbonyl (C=O) groups is 1. The van der Waals surface area contributed by atoms with Crippen LogP contribution < -0.4 is 5.32 Å². The van der Waals surface area contributed by atoms with Gasteiger partial charge in [0, 0.05) is 28.9 Å². The van der Waals surface area contributed by atoms with Crippen LogP contribution in [0, 0.1) is 5.92 Å². The number of alkyl halides is 2. The van der Waals surface area contributed by atoms with Crippen LogP contribution in [0.3, 0.4) is 0 Å². The van der Waals surface area contributed by atoms with E-state index in [-0.39, 0.29) is 5.91 Å². The molecule has 1 aliphatic heterocycles. The van der Waals surface area contributed by atoms with Crippen LogP contribution in [0.4, 0.5) is 13.9 Å². The maximum Gasteiger partial charge on any atom is 0.288 e. The molecule has 1 aromatic heterocycles. The first-order chi connectivity index (χ1) is 12.5. The van der Waals surface area contributed by atoms with Crippen molar-refractivity contribution in [1.29, 1.82) is 0 Å². The van der Waals surface area contributed by atoms with E-state index in [1.54, 1.807) is 12.1 Å². The van der Waals surface area contributed by atoms with Gasteiger partial charge in [0.25, 0.3) is 11.7 Å². The molecular formula is C18H21F2N3OS2. The number of aromatic nitrogens is 1. The Morgan fingerprint density at radius 2 is 2.19 bits per heavy atom. The van der Waals surface area contributed by atoms with Gasteiger partial charge in [-0.25, -0.2) is 4.98 Å². The number of hydrogen-bond donors (Lipinski definition) is 1. The molecule has 1 aliphatic rings. The van der Waals surface area contributed by atoms with E-state index in [9.17, 15) is 13.6 Å². The minimum Gasteiger partial charge on any atom is -0.298 e. The Hall–Kier alpha value is -1.51. The van der Waals surface area contributed by atoms with Crippen molar-refractivity contribution in [2.24, 2.45) is 5.92 Å². The molecule has 0 saturated carbocycles. The lowest BCUT2D eigenvalue weighted by Crippen LogP contribution is -2.33. The third-order valence-electron chi connectivity index (χ3n) is 4.24. The number of thioether (sulfide) groups is 1. The molecule has 0 bridgehead atoms. The summed E-state index contributed by atoms with van der Waals surface area (Å²) in [5.74, 6) is -2.04. The Labute approximate surface area is 160 Å². The van der Waals surface area contributed by atoms with Gasteiger partial charge >= 0.3 is 0 Å². The van der Waals surface area contributed by atoms with Crippen molar-refractivity contribution in [1.82, 2.24) is 9.88 Å². The zero-order chi connectivity index (χ0) is 18.5. The average Bonchev–Trinajstić information content (AvgIpc) is 3.02. The topological polar surface area (TPSA) is 45.2 Å². The van der Waals surface area contributed by atoms with Crippen LogP contribution in [0.2, 0.25) is 0 Å². The number of likely N-dealkylation sites (tertiary alicyclic amines) is 1. The van der Waals surface area contributed by atoms with Gasteiger partial charge in [0.2, 0.25) is 0 Å². The molecule has 1 aromatic carbocycles. The quantitative estimate of drug-likeness (QED) is 0.701. The first kappa shape index (κ1) is 19.3. The Balaban J connectivity index is 1.55. The molecule has 3 rings (SSSR count). The summed E-state index contributed by atoms with van der Waals surface area (Å²) >= 11 is 1.86. The summed E-state index contributed by atoms with van der Waals surface area (Å²) in [6, 6.07) is 6.14. The minimum absolute atomic E-state index is 0.286. The van der Waals surface area contributed by atoms with Gasteiger partial charge in [-0.2, -0.15) is 8.78 Å². The highest BCUT2D eigenvalue weighted by atomic mass is 32.2. The lowest BCUT2D eigenvalue weighted by Gasteiger charge is -2.30. The standard InChI is InChI=1S/C18H21F2N3OS2/c1-12-3-2-8-23(9-12)10-14-11-25-18(21-14)22-16(24)13-4-6-15(7-5-13)26-17(19)20/h4-7,11-12,17H,2-3,8-10H2,1H3,(H,21,22,24). The van der Waals surface area contributed by atoms with Crippen LogP contribution >= 0.6 is 23.1 Å². The predicted molar refractivity (Wildman–Crippen MR) is 102 cm³/mol. The fourth-order valence-corrected chi connectivity index (χ4v) is 4.25. The van der Waals surface area contributed by atoms with Crippen molar-refractivity contribution < 1.29 is 13.6 Å². The molecule has 2 aromatic rings. The normalized spacial score (nSPS) is 18.2. The third-order valence-corrected chi connectivity index (χ3v) is 5.77. The Morgan fingerprint density at radius 3 is 2.88 bits per heavy atom. The van der Waals surface area contributed by atoms with Gasteiger partial charge in [-0.3, -0.25) is 15.0 Å². The highest BCUT2D eigenvalue weighted by molar-refractivity contribution is 7.99. The van der Waals surface area contributed by atoms with Crippen molar-refractivity contribution in [3.8, 4) is 0 Å². The van der Waals surface area contributed by atoms with Crippen molar-refractivity contribution in [3.05, 3.63) is 40.9 Å². The van der Waals surface area contributed by atoms with Crippen LogP contribution in [0.5, 0.6) is 0 Å². The number of anilines is 1. The van der Waals surface area contributed by atoms with E-state index in [2.05, 4.69) is 22.1 Å². The molecule has 0 radical (unpaired) electrons. The largest absolute Gasteiger partial charge is 0.298 e. The summed E-state index contributed by atoms with van der Waals surface area (Å²) < 4.78 is 24.7. The first-order valence-corrected chi connectivity index (χ1v) is 10.3. The minimum atomic E-state index is -2.47. The van der Waals surface area contributed by atoms with Gasteiger partial charge in [0.1, 0.15) is 0 Å². The third kappa shape index (κ3) is 5.49. The number of rotatable bonds is 6. The van der Waals surface area contributed by atoms with Gasteiger partial charge in [-0.15, -0.1) is 11.3 Å². The predicted octanol–water partition coefficient (Wildman–Crippen LogP) is 4.94. The summed E-state index contributed by atoms with van der Waals surface area (Å²) in [4.78, 5) is 19.6. The van der Waals surface area contributed by atoms with E-state index in [1.807, 2.05) is 5.38 Å². The van der Waals surface area contributed by atoms with Crippen LogP contribution in [-0.2, 0) is 6.54 Å².